The van der Waals surface area contributed by atoms with Crippen LogP contribution in [0.25, 0.3) is 22.5 Å². The van der Waals surface area contributed by atoms with Crippen LogP contribution in [0.4, 0.5) is 0 Å². The second-order valence-electron chi connectivity index (χ2n) is 16.0. The highest BCUT2D eigenvalue weighted by atomic mass is 32.1. The Bertz CT molecular complexity index is 1790. The Labute approximate surface area is 306 Å². The van der Waals surface area contributed by atoms with Gasteiger partial charge in [0.15, 0.2) is 5.82 Å². The Balaban J connectivity index is 1.27. The van der Waals surface area contributed by atoms with Crippen LogP contribution >= 0.6 is 11.3 Å². The van der Waals surface area contributed by atoms with Gasteiger partial charge in [-0.05, 0) is 86.6 Å². The van der Waals surface area contributed by atoms with E-state index in [2.05, 4.69) is 72.6 Å². The quantitative estimate of drug-likeness (QED) is 0.160. The highest BCUT2D eigenvalue weighted by molar-refractivity contribution is 7.14. The molecule has 0 radical (unpaired) electrons. The van der Waals surface area contributed by atoms with Crippen LogP contribution in [-0.2, 0) is 26.2 Å². The van der Waals surface area contributed by atoms with E-state index in [1.165, 1.54) is 42.6 Å². The number of carbonyl (C=O) groups is 3. The molecule has 2 atom stereocenters. The number of thiophene rings is 1. The zero-order valence-corrected chi connectivity index (χ0v) is 32.0. The van der Waals surface area contributed by atoms with E-state index in [0.717, 1.165) is 33.0 Å². The van der Waals surface area contributed by atoms with Crippen LogP contribution in [0.3, 0.4) is 0 Å². The SMILES string of the molecule is CC1CCC(c2ccc(-c3cnc(-c4ccc(C[C@H](NC(=O)c5ccc(C(C)(C)C)s5)C(=O)N[C@H](C)C(=O)OC(C)(C)C)cc4)nc3)cc2)CC1. The maximum Gasteiger partial charge on any atom is 0.328 e. The monoisotopic (exact) mass is 708 g/mol. The smallest absolute Gasteiger partial charge is 0.328 e. The van der Waals surface area contributed by atoms with Crippen LogP contribution in [0.1, 0.15) is 113 Å². The first-order chi connectivity index (χ1) is 24.1. The summed E-state index contributed by atoms with van der Waals surface area (Å²) in [4.78, 5) is 50.5. The molecule has 2 heterocycles. The standard InChI is InChI=1S/C42H52N4O4S/c1-26-9-13-29(14-10-26)30-17-19-31(20-18-30)33-24-43-37(44-25-33)32-15-11-28(12-16-32)23-34(38(47)45-27(2)40(49)50-42(6,7)8)46-39(48)35-21-22-36(51-35)41(3,4)5/h11-12,15-22,24-27,29,34H,9-10,13-14,23H2,1-8H3,(H,45,47)(H,46,48)/t26?,27-,29?,34+/m1/s1. The number of rotatable bonds is 10. The van der Waals surface area contributed by atoms with Gasteiger partial charge in [-0.25, -0.2) is 14.8 Å². The fourth-order valence-corrected chi connectivity index (χ4v) is 7.22. The number of hydrogen-bond donors (Lipinski definition) is 2. The third-order valence-electron chi connectivity index (χ3n) is 9.34. The van der Waals surface area contributed by atoms with Crippen LogP contribution in [0.5, 0.6) is 0 Å². The van der Waals surface area contributed by atoms with Gasteiger partial charge in [0.05, 0.1) is 4.88 Å². The maximum atomic E-state index is 13.6. The van der Waals surface area contributed by atoms with Gasteiger partial charge in [0.1, 0.15) is 17.7 Å². The number of ether oxygens (including phenoxy) is 1. The third-order valence-corrected chi connectivity index (χ3v) is 10.9. The minimum atomic E-state index is -0.933. The van der Waals surface area contributed by atoms with Crippen molar-refractivity contribution < 1.29 is 19.1 Å². The van der Waals surface area contributed by atoms with Gasteiger partial charge in [-0.1, -0.05) is 89.1 Å². The highest BCUT2D eigenvalue weighted by Gasteiger charge is 2.29. The molecular weight excluding hydrogens is 657 g/mol. The molecule has 2 aromatic heterocycles. The summed E-state index contributed by atoms with van der Waals surface area (Å²) in [5.74, 6) is 0.724. The van der Waals surface area contributed by atoms with Crippen molar-refractivity contribution in [2.75, 3.05) is 0 Å². The Morgan fingerprint density at radius 1 is 0.804 bits per heavy atom. The van der Waals surface area contributed by atoms with E-state index in [1.54, 1.807) is 33.8 Å². The summed E-state index contributed by atoms with van der Waals surface area (Å²) in [7, 11) is 0. The Morgan fingerprint density at radius 3 is 1.98 bits per heavy atom. The Hall–Kier alpha value is -4.37. The van der Waals surface area contributed by atoms with E-state index in [1.807, 2.05) is 42.7 Å². The van der Waals surface area contributed by atoms with Crippen molar-refractivity contribution in [1.82, 2.24) is 20.6 Å². The van der Waals surface area contributed by atoms with E-state index >= 15 is 0 Å². The maximum absolute atomic E-state index is 13.6. The van der Waals surface area contributed by atoms with Gasteiger partial charge in [-0.3, -0.25) is 9.59 Å². The molecule has 0 bridgehead atoms. The number of esters is 1. The Kier molecular flexibility index (Phi) is 11.8. The summed E-state index contributed by atoms with van der Waals surface area (Å²) >= 11 is 1.41. The summed E-state index contributed by atoms with van der Waals surface area (Å²) in [5, 5.41) is 5.65. The topological polar surface area (TPSA) is 110 Å². The van der Waals surface area contributed by atoms with Crippen molar-refractivity contribution in [3.8, 4) is 22.5 Å². The van der Waals surface area contributed by atoms with Crippen LogP contribution in [0.2, 0.25) is 0 Å². The number of hydrogen-bond acceptors (Lipinski definition) is 7. The van der Waals surface area contributed by atoms with Gasteiger partial charge >= 0.3 is 5.97 Å². The minimum absolute atomic E-state index is 0.104. The fourth-order valence-electron chi connectivity index (χ4n) is 6.26. The lowest BCUT2D eigenvalue weighted by Gasteiger charge is -2.26. The molecule has 270 valence electrons. The molecular formula is C42H52N4O4S. The second kappa shape index (κ2) is 15.9. The first-order valence-corrected chi connectivity index (χ1v) is 18.8. The summed E-state index contributed by atoms with van der Waals surface area (Å²) in [6.07, 6.45) is 9.06. The van der Waals surface area contributed by atoms with Crippen LogP contribution in [-0.4, -0.2) is 45.4 Å². The lowest BCUT2D eigenvalue weighted by atomic mass is 9.79. The predicted molar refractivity (Wildman–Crippen MR) is 205 cm³/mol. The molecule has 0 unspecified atom stereocenters. The molecule has 1 fully saturated rings. The van der Waals surface area contributed by atoms with Crippen LogP contribution in [0.15, 0.2) is 73.1 Å². The van der Waals surface area contributed by atoms with Crippen molar-refractivity contribution in [3.05, 3.63) is 93.9 Å². The highest BCUT2D eigenvalue weighted by Crippen LogP contribution is 2.36. The van der Waals surface area contributed by atoms with Crippen molar-refractivity contribution in [2.24, 2.45) is 5.92 Å². The zero-order valence-electron chi connectivity index (χ0n) is 31.2. The fraction of sp³-hybridized carbons (Fsp3) is 0.452. The average molecular weight is 709 g/mol. The molecule has 0 aliphatic heterocycles. The van der Waals surface area contributed by atoms with E-state index in [9.17, 15) is 14.4 Å². The number of carbonyl (C=O) groups excluding carboxylic acids is 3. The third kappa shape index (κ3) is 10.3. The van der Waals surface area contributed by atoms with Crippen molar-refractivity contribution in [2.45, 2.75) is 117 Å². The van der Waals surface area contributed by atoms with Gasteiger partial charge in [-0.2, -0.15) is 0 Å². The van der Waals surface area contributed by atoms with E-state index in [0.29, 0.717) is 16.6 Å². The molecule has 8 nitrogen and oxygen atoms in total. The lowest BCUT2D eigenvalue weighted by Crippen LogP contribution is -2.52. The van der Waals surface area contributed by atoms with Crippen molar-refractivity contribution >= 4 is 29.1 Å². The van der Waals surface area contributed by atoms with E-state index in [-0.39, 0.29) is 17.7 Å². The predicted octanol–water partition coefficient (Wildman–Crippen LogP) is 8.65. The number of nitrogens with zero attached hydrogens (tertiary/aromatic N) is 2. The van der Waals surface area contributed by atoms with E-state index in [4.69, 9.17) is 4.74 Å². The van der Waals surface area contributed by atoms with Gasteiger partial charge in [-0.15, -0.1) is 11.3 Å². The molecule has 0 saturated heterocycles. The van der Waals surface area contributed by atoms with Gasteiger partial charge in [0.2, 0.25) is 5.91 Å². The normalized spacial score (nSPS) is 17.6. The molecule has 1 aliphatic carbocycles. The van der Waals surface area contributed by atoms with Crippen molar-refractivity contribution in [3.63, 3.8) is 0 Å². The molecule has 2 N–H and O–H groups in total. The summed E-state index contributed by atoms with van der Waals surface area (Å²) in [6, 6.07) is 18.4. The van der Waals surface area contributed by atoms with Gasteiger partial charge < -0.3 is 15.4 Å². The molecule has 1 aliphatic rings. The molecule has 51 heavy (non-hydrogen) atoms. The first kappa shape index (κ1) is 37.9. The summed E-state index contributed by atoms with van der Waals surface area (Å²) < 4.78 is 5.45. The largest absolute Gasteiger partial charge is 0.458 e. The number of benzene rings is 2. The average Bonchev–Trinajstić information content (AvgIpc) is 3.60. The molecule has 4 aromatic rings. The Morgan fingerprint density at radius 2 is 1.41 bits per heavy atom. The van der Waals surface area contributed by atoms with Gasteiger partial charge in [0, 0.05) is 34.8 Å². The number of amides is 2. The summed E-state index contributed by atoms with van der Waals surface area (Å²) in [5.41, 5.74) is 4.34. The van der Waals surface area contributed by atoms with Crippen LogP contribution in [0, 0.1) is 5.92 Å². The zero-order chi connectivity index (χ0) is 36.9. The molecule has 1 saturated carbocycles. The minimum Gasteiger partial charge on any atom is -0.458 e. The molecule has 2 amide bonds. The lowest BCUT2D eigenvalue weighted by molar-refractivity contribution is -0.158. The number of nitrogens with one attached hydrogen (secondary N) is 2. The number of aromatic nitrogens is 2. The molecule has 0 spiro atoms. The van der Waals surface area contributed by atoms with E-state index < -0.39 is 29.6 Å². The van der Waals surface area contributed by atoms with Crippen molar-refractivity contribution in [1.29, 1.82) is 0 Å². The van der Waals surface area contributed by atoms with Gasteiger partial charge in [0.25, 0.3) is 5.91 Å². The molecule has 9 heteroatoms. The molecule has 2 aromatic carbocycles. The first-order valence-electron chi connectivity index (χ1n) is 18.0. The molecule has 5 rings (SSSR count). The van der Waals surface area contributed by atoms with Crippen LogP contribution < -0.4 is 10.6 Å². The second-order valence-corrected chi connectivity index (χ2v) is 17.1. The summed E-state index contributed by atoms with van der Waals surface area (Å²) in [6.45, 7) is 15.5.